The molecule has 0 N–H and O–H groups in total. The first kappa shape index (κ1) is 54.1. The normalized spacial score (nSPS) is 19.1. The highest BCUT2D eigenvalue weighted by atomic mass is 28.3. The number of hydrogen-bond donors (Lipinski definition) is 0. The van der Waals surface area contributed by atoms with Gasteiger partial charge < -0.3 is 0 Å². The molecule has 4 aliphatic carbocycles. The highest BCUT2D eigenvalue weighted by Crippen LogP contribution is 2.76. The lowest BCUT2D eigenvalue weighted by atomic mass is 9.29. The van der Waals surface area contributed by atoms with E-state index in [-0.39, 0.29) is 21.7 Å². The molecule has 1 heteroatoms. The van der Waals surface area contributed by atoms with E-state index in [2.05, 4.69) is 364 Å². The molecular weight excluding hydrogens is 1020 g/mol. The first-order valence-corrected chi connectivity index (χ1v) is 32.3. The number of hydrogen-bond acceptors (Lipinski definition) is 0. The van der Waals surface area contributed by atoms with Gasteiger partial charge in [-0.1, -0.05) is 364 Å². The molecule has 0 spiro atoms. The minimum atomic E-state index is -2.30. The van der Waals surface area contributed by atoms with E-state index in [1.165, 1.54) is 97.4 Å². The van der Waals surface area contributed by atoms with E-state index in [0.29, 0.717) is 0 Å². The Hall–Kier alpha value is -9.14. The van der Waals surface area contributed by atoms with E-state index in [9.17, 15) is 0 Å². The molecule has 0 aromatic heterocycles. The van der Waals surface area contributed by atoms with Crippen LogP contribution < -0.4 is 20.7 Å². The van der Waals surface area contributed by atoms with Crippen molar-refractivity contribution in [3.05, 3.63) is 408 Å². The van der Waals surface area contributed by atoms with Crippen molar-refractivity contribution in [2.24, 2.45) is 11.8 Å². The maximum atomic E-state index is 2.44. The molecule has 408 valence electrons. The molecule has 4 saturated carbocycles. The summed E-state index contributed by atoms with van der Waals surface area (Å²) in [7, 11) is -2.30. The third-order valence-electron chi connectivity index (χ3n) is 19.4. The summed E-state index contributed by atoms with van der Waals surface area (Å²) in [6.07, 6.45) is 6.54. The average Bonchev–Trinajstić information content (AvgIpc) is 0.753. The van der Waals surface area contributed by atoms with E-state index in [0.717, 1.165) is 11.8 Å². The summed E-state index contributed by atoms with van der Waals surface area (Å²) < 4.78 is 0. The zero-order chi connectivity index (χ0) is 56.5. The van der Waals surface area contributed by atoms with Gasteiger partial charge in [0.1, 0.15) is 0 Å². The Morgan fingerprint density at radius 3 is 0.643 bits per heavy atom. The van der Waals surface area contributed by atoms with Crippen LogP contribution in [0.25, 0.3) is 0 Å². The second-order valence-corrected chi connectivity index (χ2v) is 27.4. The van der Waals surface area contributed by atoms with Crippen molar-refractivity contribution in [3.63, 3.8) is 0 Å². The first-order chi connectivity index (χ1) is 41.6. The molecule has 0 saturated heterocycles. The van der Waals surface area contributed by atoms with Gasteiger partial charge in [-0.25, -0.2) is 0 Å². The predicted molar refractivity (Wildman–Crippen MR) is 355 cm³/mol. The van der Waals surface area contributed by atoms with Gasteiger partial charge in [0.2, 0.25) is 0 Å². The molecule has 4 aliphatic rings. The standard InChI is InChI=1S/C34H32.C25H20.C24H20Si/c1-5-13-28(14-6-1)32-22-26-21-27(23-32)25-33(24-26,29-15-7-2-8-16-29)34(32,30-17-9-3-10-18-30)31-19-11-4-12-20-31;2*1-5-13-21(14-6-1)25(22-15-7-2-8-16-22,23-17-9-3-10-18-23)24-19-11-4-12-20-24/h1-20,26-27H,21-25H2;2*1-20H. The lowest BCUT2D eigenvalue weighted by molar-refractivity contribution is -0.0904. The number of rotatable bonds is 12. The van der Waals surface area contributed by atoms with Crippen LogP contribution in [0.3, 0.4) is 0 Å². The van der Waals surface area contributed by atoms with Crippen molar-refractivity contribution < 1.29 is 0 Å². The van der Waals surface area contributed by atoms with Crippen molar-refractivity contribution in [2.45, 2.75) is 53.8 Å². The van der Waals surface area contributed by atoms with E-state index in [1.807, 2.05) is 0 Å². The van der Waals surface area contributed by atoms with Gasteiger partial charge in [-0.15, -0.1) is 0 Å². The molecule has 84 heavy (non-hydrogen) atoms. The molecule has 12 aromatic carbocycles. The third-order valence-corrected chi connectivity index (χ3v) is 24.2. The number of benzene rings is 12. The quantitative estimate of drug-likeness (QED) is 0.0845. The van der Waals surface area contributed by atoms with Gasteiger partial charge in [-0.05, 0) is 109 Å². The van der Waals surface area contributed by atoms with Gasteiger partial charge in [-0.2, -0.15) is 0 Å². The first-order valence-electron chi connectivity index (χ1n) is 30.3. The van der Waals surface area contributed by atoms with Gasteiger partial charge in [0, 0.05) is 16.2 Å². The summed E-state index contributed by atoms with van der Waals surface area (Å²) in [4.78, 5) is 0. The molecule has 0 unspecified atom stereocenters. The van der Waals surface area contributed by atoms with Gasteiger partial charge in [0.05, 0.1) is 5.41 Å². The van der Waals surface area contributed by atoms with Crippen LogP contribution >= 0.6 is 0 Å². The maximum absolute atomic E-state index is 2.44. The second-order valence-electron chi connectivity index (χ2n) is 23.6. The Morgan fingerprint density at radius 2 is 0.417 bits per heavy atom. The van der Waals surface area contributed by atoms with Crippen molar-refractivity contribution in [1.82, 2.24) is 0 Å². The minimum absolute atomic E-state index is 0.0802. The van der Waals surface area contributed by atoms with Crippen LogP contribution in [0.1, 0.15) is 76.6 Å². The summed E-state index contributed by atoms with van der Waals surface area (Å²) in [6.45, 7) is 0. The monoisotopic (exact) mass is 1100 g/mol. The molecule has 12 aromatic rings. The maximum Gasteiger partial charge on any atom is 0.179 e. The predicted octanol–water partition coefficient (Wildman–Crippen LogP) is 17.2. The zero-order valence-corrected chi connectivity index (χ0v) is 48.8. The van der Waals surface area contributed by atoms with Crippen LogP contribution in [0.2, 0.25) is 0 Å². The average molecular weight is 1100 g/mol. The minimum Gasteiger partial charge on any atom is -0.0623 e. The molecule has 4 bridgehead atoms. The lowest BCUT2D eigenvalue weighted by Gasteiger charge is -2.74. The lowest BCUT2D eigenvalue weighted by Crippen LogP contribution is -2.74. The molecule has 0 heterocycles. The van der Waals surface area contributed by atoms with Crippen LogP contribution in [0, 0.1) is 11.8 Å². The molecule has 0 radical (unpaired) electrons. The van der Waals surface area contributed by atoms with Crippen LogP contribution in [0.15, 0.2) is 364 Å². The van der Waals surface area contributed by atoms with Crippen molar-refractivity contribution in [3.8, 4) is 0 Å². The molecule has 0 amide bonds. The fraction of sp³-hybridized carbons (Fsp3) is 0.133. The highest BCUT2D eigenvalue weighted by molar-refractivity contribution is 7.19. The Labute approximate surface area is 499 Å². The molecular formula is C83H72Si. The van der Waals surface area contributed by atoms with Crippen LogP contribution in [0.4, 0.5) is 0 Å². The van der Waals surface area contributed by atoms with Crippen molar-refractivity contribution in [1.29, 1.82) is 0 Å². The third kappa shape index (κ3) is 9.32. The fourth-order valence-electron chi connectivity index (χ4n) is 16.7. The fourth-order valence-corrected chi connectivity index (χ4v) is 21.5. The van der Waals surface area contributed by atoms with Gasteiger partial charge in [-0.3, -0.25) is 0 Å². The molecule has 0 nitrogen and oxygen atoms in total. The smallest absolute Gasteiger partial charge is 0.0623 e. The van der Waals surface area contributed by atoms with Gasteiger partial charge in [0.15, 0.2) is 8.07 Å². The van der Waals surface area contributed by atoms with Gasteiger partial charge in [0.25, 0.3) is 0 Å². The summed E-state index contributed by atoms with van der Waals surface area (Å²) in [5.74, 6) is 1.57. The molecule has 0 aliphatic heterocycles. The topological polar surface area (TPSA) is 0 Å². The Balaban J connectivity index is 0.000000120. The van der Waals surface area contributed by atoms with Crippen LogP contribution in [-0.2, 0) is 21.7 Å². The van der Waals surface area contributed by atoms with Gasteiger partial charge >= 0.3 is 0 Å². The van der Waals surface area contributed by atoms with E-state index < -0.39 is 8.07 Å². The van der Waals surface area contributed by atoms with Crippen molar-refractivity contribution >= 4 is 28.8 Å². The Morgan fingerprint density at radius 1 is 0.226 bits per heavy atom. The Bertz CT molecular complexity index is 3340. The van der Waals surface area contributed by atoms with E-state index in [1.54, 1.807) is 0 Å². The highest BCUT2D eigenvalue weighted by Gasteiger charge is 2.73. The Kier molecular flexibility index (Phi) is 15.5. The van der Waals surface area contributed by atoms with Crippen LogP contribution in [0.5, 0.6) is 0 Å². The zero-order valence-electron chi connectivity index (χ0n) is 47.8. The van der Waals surface area contributed by atoms with E-state index >= 15 is 0 Å². The summed E-state index contributed by atoms with van der Waals surface area (Å²) >= 11 is 0. The largest absolute Gasteiger partial charge is 0.179 e. The molecule has 4 fully saturated rings. The van der Waals surface area contributed by atoms with Crippen molar-refractivity contribution in [2.75, 3.05) is 0 Å². The SMILES string of the molecule is c1ccc(C(c2ccccc2)(c2ccccc2)c2ccccc2)cc1.c1ccc(C23CC4CC(C2)CC(c2ccccc2)(C4)C3(c2ccccc2)c2ccccc2)cc1.c1ccc([Si](c2ccccc2)(c2ccccc2)c2ccccc2)cc1. The molecule has 0 atom stereocenters. The van der Waals surface area contributed by atoms with Crippen LogP contribution in [-0.4, -0.2) is 8.07 Å². The molecule has 16 rings (SSSR count). The summed E-state index contributed by atoms with van der Waals surface area (Å²) in [5, 5.41) is 5.66. The second kappa shape index (κ2) is 24.0. The summed E-state index contributed by atoms with van der Waals surface area (Å²) in [6, 6.07) is 133. The van der Waals surface area contributed by atoms with E-state index in [4.69, 9.17) is 0 Å². The summed E-state index contributed by atoms with van der Waals surface area (Å²) in [5.41, 5.74) is 10.9.